The molecule has 108 valence electrons. The van der Waals surface area contributed by atoms with E-state index >= 15 is 0 Å². The predicted octanol–water partition coefficient (Wildman–Crippen LogP) is 1.47. The summed E-state index contributed by atoms with van der Waals surface area (Å²) in [7, 11) is 0. The monoisotopic (exact) mass is 278 g/mol. The van der Waals surface area contributed by atoms with E-state index in [-0.39, 0.29) is 25.0 Å². The first-order valence-electron chi connectivity index (χ1n) is 6.55. The molecule has 0 radical (unpaired) electrons. The van der Waals surface area contributed by atoms with Crippen molar-refractivity contribution in [1.29, 1.82) is 0 Å². The summed E-state index contributed by atoms with van der Waals surface area (Å²) in [6.45, 7) is 2.85. The number of benzene rings is 1. The number of cyclic esters (lactones) is 1. The van der Waals surface area contributed by atoms with Crippen molar-refractivity contribution < 1.29 is 19.2 Å². The minimum atomic E-state index is -0.563. The van der Waals surface area contributed by atoms with Crippen LogP contribution < -0.4 is 5.48 Å². The van der Waals surface area contributed by atoms with Gasteiger partial charge in [-0.25, -0.2) is 9.69 Å². The molecule has 1 aliphatic rings. The zero-order chi connectivity index (χ0) is 14.4. The minimum Gasteiger partial charge on any atom is -0.447 e. The molecule has 1 aromatic carbocycles. The largest absolute Gasteiger partial charge is 0.447 e. The first-order valence-corrected chi connectivity index (χ1v) is 6.55. The van der Waals surface area contributed by atoms with Crippen LogP contribution in [-0.2, 0) is 21.0 Å². The van der Waals surface area contributed by atoms with Gasteiger partial charge in [0.1, 0.15) is 6.61 Å². The van der Waals surface area contributed by atoms with Gasteiger partial charge in [0.05, 0.1) is 13.2 Å². The maximum atomic E-state index is 11.8. The molecule has 6 heteroatoms. The van der Waals surface area contributed by atoms with E-state index in [2.05, 4.69) is 5.48 Å². The fraction of sp³-hybridized carbons (Fsp3) is 0.429. The highest BCUT2D eigenvalue weighted by molar-refractivity contribution is 5.93. The fourth-order valence-corrected chi connectivity index (χ4v) is 1.88. The van der Waals surface area contributed by atoms with Crippen LogP contribution in [0.3, 0.4) is 0 Å². The molecule has 1 fully saturated rings. The number of carbonyl (C=O) groups is 2. The van der Waals surface area contributed by atoms with Crippen molar-refractivity contribution in [2.45, 2.75) is 26.0 Å². The Kier molecular flexibility index (Phi) is 5.09. The third-order valence-corrected chi connectivity index (χ3v) is 2.91. The van der Waals surface area contributed by atoms with E-state index < -0.39 is 6.09 Å². The average Bonchev–Trinajstić information content (AvgIpc) is 2.86. The van der Waals surface area contributed by atoms with Crippen molar-refractivity contribution in [1.82, 2.24) is 10.4 Å². The van der Waals surface area contributed by atoms with E-state index in [1.165, 1.54) is 0 Å². The molecule has 1 heterocycles. The number of hydroxylamine groups is 1. The van der Waals surface area contributed by atoms with Gasteiger partial charge < -0.3 is 4.74 Å². The second-order valence-corrected chi connectivity index (χ2v) is 4.66. The van der Waals surface area contributed by atoms with Gasteiger partial charge in [-0.05, 0) is 12.5 Å². The van der Waals surface area contributed by atoms with Gasteiger partial charge in [-0.1, -0.05) is 30.3 Å². The summed E-state index contributed by atoms with van der Waals surface area (Å²) in [5.41, 5.74) is 3.84. The van der Waals surface area contributed by atoms with E-state index in [1.54, 1.807) is 0 Å². The van der Waals surface area contributed by atoms with Crippen LogP contribution in [0.5, 0.6) is 0 Å². The van der Waals surface area contributed by atoms with Gasteiger partial charge >= 0.3 is 6.09 Å². The predicted molar refractivity (Wildman–Crippen MR) is 71.5 cm³/mol. The van der Waals surface area contributed by atoms with Gasteiger partial charge in [0.25, 0.3) is 0 Å². The van der Waals surface area contributed by atoms with Gasteiger partial charge in [-0.15, -0.1) is 0 Å². The molecule has 6 nitrogen and oxygen atoms in total. The first-order chi connectivity index (χ1) is 9.66. The van der Waals surface area contributed by atoms with E-state index in [4.69, 9.17) is 9.57 Å². The molecule has 0 saturated carbocycles. The number of ether oxygens (including phenoxy) is 1. The topological polar surface area (TPSA) is 67.9 Å². The number of amides is 2. The highest BCUT2D eigenvalue weighted by Crippen LogP contribution is 2.07. The Balaban J connectivity index is 1.68. The zero-order valence-electron chi connectivity index (χ0n) is 11.4. The highest BCUT2D eigenvalue weighted by atomic mass is 16.6. The number of hydrogen-bond donors (Lipinski definition) is 1. The molecule has 1 atom stereocenters. The molecular weight excluding hydrogens is 260 g/mol. The molecule has 1 N–H and O–H groups in total. The minimum absolute atomic E-state index is 0.181. The third-order valence-electron chi connectivity index (χ3n) is 2.91. The van der Waals surface area contributed by atoms with E-state index in [9.17, 15) is 9.59 Å². The van der Waals surface area contributed by atoms with Gasteiger partial charge in [0.2, 0.25) is 5.91 Å². The summed E-state index contributed by atoms with van der Waals surface area (Å²) in [5, 5.41) is 0. The molecule has 1 aromatic rings. The number of rotatable bonds is 6. The Morgan fingerprint density at radius 3 is 2.85 bits per heavy atom. The van der Waals surface area contributed by atoms with Crippen molar-refractivity contribution in [3.05, 3.63) is 35.9 Å². The molecule has 0 bridgehead atoms. The lowest BCUT2D eigenvalue weighted by Gasteiger charge is -2.16. The molecule has 0 spiro atoms. The van der Waals surface area contributed by atoms with E-state index in [0.717, 1.165) is 10.5 Å². The van der Waals surface area contributed by atoms with E-state index in [0.29, 0.717) is 13.2 Å². The van der Waals surface area contributed by atoms with Crippen LogP contribution in [0.1, 0.15) is 18.9 Å². The summed E-state index contributed by atoms with van der Waals surface area (Å²) < 4.78 is 4.72. The van der Waals surface area contributed by atoms with Crippen molar-refractivity contribution in [2.24, 2.45) is 0 Å². The summed E-state index contributed by atoms with van der Waals surface area (Å²) in [6, 6.07) is 9.54. The third kappa shape index (κ3) is 4.04. The second kappa shape index (κ2) is 7.02. The number of hydrogen-bond acceptors (Lipinski definition) is 5. The van der Waals surface area contributed by atoms with Crippen LogP contribution in [0.4, 0.5) is 4.79 Å². The second-order valence-electron chi connectivity index (χ2n) is 4.66. The number of carbonyl (C=O) groups excluding carboxylic acids is 2. The van der Waals surface area contributed by atoms with Gasteiger partial charge in [0, 0.05) is 12.5 Å². The molecule has 2 amide bonds. The Morgan fingerprint density at radius 1 is 1.45 bits per heavy atom. The summed E-state index contributed by atoms with van der Waals surface area (Å²) in [4.78, 5) is 29.5. The summed E-state index contributed by atoms with van der Waals surface area (Å²) in [6.07, 6.45) is -0.378. The molecule has 0 unspecified atom stereocenters. The van der Waals surface area contributed by atoms with Crippen molar-refractivity contribution in [2.75, 3.05) is 13.2 Å². The maximum Gasteiger partial charge on any atom is 0.416 e. The normalized spacial score (nSPS) is 16.1. The Bertz CT molecular complexity index is 464. The van der Waals surface area contributed by atoms with Crippen LogP contribution >= 0.6 is 0 Å². The van der Waals surface area contributed by atoms with Gasteiger partial charge in [-0.2, -0.15) is 5.48 Å². The molecule has 1 saturated heterocycles. The Morgan fingerprint density at radius 2 is 2.20 bits per heavy atom. The SMILES string of the molecule is C[C@H](CC(=O)N1CCOC1=O)NOCc1ccccc1. The molecular formula is C14H18N2O4. The van der Waals surface area contributed by atoms with Crippen LogP contribution in [0.15, 0.2) is 30.3 Å². The number of nitrogens with one attached hydrogen (secondary N) is 1. The van der Waals surface area contributed by atoms with Crippen molar-refractivity contribution >= 4 is 12.0 Å². The lowest BCUT2D eigenvalue weighted by Crippen LogP contribution is -2.37. The summed E-state index contributed by atoms with van der Waals surface area (Å²) >= 11 is 0. The van der Waals surface area contributed by atoms with Crippen molar-refractivity contribution in [3.63, 3.8) is 0 Å². The van der Waals surface area contributed by atoms with Gasteiger partial charge in [0.15, 0.2) is 0 Å². The Labute approximate surface area is 117 Å². The maximum absolute atomic E-state index is 11.8. The lowest BCUT2D eigenvalue weighted by atomic mass is 10.2. The number of imide groups is 1. The zero-order valence-corrected chi connectivity index (χ0v) is 11.4. The smallest absolute Gasteiger partial charge is 0.416 e. The molecule has 0 aromatic heterocycles. The van der Waals surface area contributed by atoms with Crippen LogP contribution in [-0.4, -0.2) is 36.1 Å². The van der Waals surface area contributed by atoms with Crippen LogP contribution in [0.2, 0.25) is 0 Å². The molecule has 0 aliphatic carbocycles. The Hall–Kier alpha value is -1.92. The molecule has 20 heavy (non-hydrogen) atoms. The standard InChI is InChI=1S/C14H18N2O4/c1-11(9-13(17)16-7-8-19-14(16)18)15-20-10-12-5-3-2-4-6-12/h2-6,11,15H,7-10H2,1H3/t11-/m1/s1. The quantitative estimate of drug-likeness (QED) is 0.798. The van der Waals surface area contributed by atoms with Gasteiger partial charge in [-0.3, -0.25) is 9.63 Å². The van der Waals surface area contributed by atoms with E-state index in [1.807, 2.05) is 37.3 Å². The molecule has 1 aliphatic heterocycles. The highest BCUT2D eigenvalue weighted by Gasteiger charge is 2.28. The van der Waals surface area contributed by atoms with Crippen molar-refractivity contribution in [3.8, 4) is 0 Å². The first kappa shape index (κ1) is 14.5. The van der Waals surface area contributed by atoms with Crippen LogP contribution in [0, 0.1) is 0 Å². The van der Waals surface area contributed by atoms with Crippen LogP contribution in [0.25, 0.3) is 0 Å². The lowest BCUT2D eigenvalue weighted by molar-refractivity contribution is -0.129. The molecule has 2 rings (SSSR count). The summed E-state index contributed by atoms with van der Waals surface area (Å²) in [5.74, 6) is -0.254. The average molecular weight is 278 g/mol. The number of nitrogens with zero attached hydrogens (tertiary/aromatic N) is 1. The fourth-order valence-electron chi connectivity index (χ4n) is 1.88.